The molecule has 2 heterocycles. The Morgan fingerprint density at radius 3 is 2.50 bits per heavy atom. The number of aliphatic hydroxyl groups excluding tert-OH is 1. The highest BCUT2D eigenvalue weighted by molar-refractivity contribution is 5.96. The first-order chi connectivity index (χ1) is 18.4. The number of benzene rings is 2. The molecule has 206 valence electrons. The molecule has 2 aromatic rings. The topological polar surface area (TPSA) is 97.3 Å². The third kappa shape index (κ3) is 7.48. The number of methoxy groups -OCH3 is 1. The van der Waals surface area contributed by atoms with Crippen molar-refractivity contribution in [2.45, 2.75) is 70.1 Å². The lowest BCUT2D eigenvalue weighted by molar-refractivity contribution is -0.123. The monoisotopic (exact) mass is 524 g/mol. The van der Waals surface area contributed by atoms with Crippen molar-refractivity contribution in [3.05, 3.63) is 53.6 Å². The molecule has 2 aliphatic heterocycles. The summed E-state index contributed by atoms with van der Waals surface area (Å²) >= 11 is 0. The Morgan fingerprint density at radius 2 is 1.79 bits per heavy atom. The maximum absolute atomic E-state index is 12.9. The van der Waals surface area contributed by atoms with Crippen molar-refractivity contribution in [3.8, 4) is 17.2 Å². The zero-order valence-corrected chi connectivity index (χ0v) is 22.5. The Balaban J connectivity index is 1.28. The van der Waals surface area contributed by atoms with Crippen molar-refractivity contribution in [3.63, 3.8) is 0 Å². The van der Waals surface area contributed by atoms with Gasteiger partial charge in [-0.05, 0) is 81.1 Å². The molecule has 0 saturated carbocycles. The number of aliphatic hydroxyl groups is 1. The summed E-state index contributed by atoms with van der Waals surface area (Å²) in [7, 11) is 1.60. The summed E-state index contributed by atoms with van der Waals surface area (Å²) < 4.78 is 16.4. The number of carbonyl (C=O) groups excluding carboxylic acids is 2. The van der Waals surface area contributed by atoms with Crippen LogP contribution in [0.2, 0.25) is 0 Å². The summed E-state index contributed by atoms with van der Waals surface area (Å²) in [5.74, 6) is 2.03. The van der Waals surface area contributed by atoms with Gasteiger partial charge in [0, 0.05) is 31.0 Å². The summed E-state index contributed by atoms with van der Waals surface area (Å²) in [5.41, 5.74) is 1.37. The third-order valence-corrected chi connectivity index (χ3v) is 7.48. The fourth-order valence-corrected chi connectivity index (χ4v) is 5.17. The maximum Gasteiger partial charge on any atom is 0.220 e. The van der Waals surface area contributed by atoms with Gasteiger partial charge in [0.05, 0.1) is 13.2 Å². The molecule has 0 spiro atoms. The molecule has 2 aromatic carbocycles. The van der Waals surface area contributed by atoms with Gasteiger partial charge in [0.25, 0.3) is 0 Å². The van der Waals surface area contributed by atoms with E-state index in [1.807, 2.05) is 18.2 Å². The molecule has 3 atom stereocenters. The van der Waals surface area contributed by atoms with E-state index in [2.05, 4.69) is 17.1 Å². The first kappa shape index (κ1) is 27.9. The average Bonchev–Trinajstić information content (AvgIpc) is 3.35. The van der Waals surface area contributed by atoms with Gasteiger partial charge in [-0.1, -0.05) is 12.5 Å². The van der Waals surface area contributed by atoms with Gasteiger partial charge in [-0.3, -0.25) is 14.5 Å². The molecule has 8 nitrogen and oxygen atoms in total. The number of amides is 1. The average molecular weight is 525 g/mol. The number of hydrogen-bond donors (Lipinski definition) is 2. The van der Waals surface area contributed by atoms with Crippen LogP contribution in [0.3, 0.4) is 0 Å². The van der Waals surface area contributed by atoms with Gasteiger partial charge in [-0.2, -0.15) is 0 Å². The standard InChI is InChI=1S/C30H40N2O6/c1-21-7-6-16-32(21)20-25(30(35)23-12-15-27-28(19-23)38-18-17-37-27)31-29(34)9-5-3-4-8-26(33)22-10-13-24(36-2)14-11-22/h10-15,19,21,25,30,35H,3-9,16-18,20H2,1-2H3,(H,31,34)/t21-,25-,30?/m1/s1. The predicted octanol–water partition coefficient (Wildman–Crippen LogP) is 4.30. The molecule has 0 aliphatic carbocycles. The number of ether oxygens (including phenoxy) is 3. The van der Waals surface area contributed by atoms with E-state index in [-0.39, 0.29) is 11.7 Å². The number of nitrogens with zero attached hydrogens (tertiary/aromatic N) is 1. The minimum absolute atomic E-state index is 0.0834. The van der Waals surface area contributed by atoms with E-state index in [1.54, 1.807) is 31.4 Å². The molecule has 2 aliphatic rings. The van der Waals surface area contributed by atoms with Crippen LogP contribution in [0, 0.1) is 0 Å². The number of carbonyl (C=O) groups is 2. The van der Waals surface area contributed by atoms with E-state index < -0.39 is 12.1 Å². The van der Waals surface area contributed by atoms with E-state index in [9.17, 15) is 14.7 Å². The fourth-order valence-electron chi connectivity index (χ4n) is 5.17. The molecule has 38 heavy (non-hydrogen) atoms. The third-order valence-electron chi connectivity index (χ3n) is 7.48. The molecule has 0 aromatic heterocycles. The van der Waals surface area contributed by atoms with Crippen molar-refractivity contribution in [1.82, 2.24) is 10.2 Å². The Labute approximate surface area is 225 Å². The molecule has 1 saturated heterocycles. The van der Waals surface area contributed by atoms with Crippen LogP contribution in [0.25, 0.3) is 0 Å². The first-order valence-electron chi connectivity index (χ1n) is 13.7. The second kappa shape index (κ2) is 13.6. The van der Waals surface area contributed by atoms with Crippen LogP contribution in [-0.2, 0) is 4.79 Å². The van der Waals surface area contributed by atoms with Crippen LogP contribution >= 0.6 is 0 Å². The fraction of sp³-hybridized carbons (Fsp3) is 0.533. The highest BCUT2D eigenvalue weighted by atomic mass is 16.6. The molecule has 2 N–H and O–H groups in total. The highest BCUT2D eigenvalue weighted by Gasteiger charge is 2.30. The number of hydrogen-bond acceptors (Lipinski definition) is 7. The predicted molar refractivity (Wildman–Crippen MR) is 145 cm³/mol. The van der Waals surface area contributed by atoms with Crippen molar-refractivity contribution < 1.29 is 28.9 Å². The molecule has 0 radical (unpaired) electrons. The number of unbranched alkanes of at least 4 members (excludes halogenated alkanes) is 2. The Bertz CT molecular complexity index is 1070. The number of fused-ring (bicyclic) bond motifs is 1. The maximum atomic E-state index is 12.9. The van der Waals surface area contributed by atoms with Gasteiger partial charge in [0.2, 0.25) is 5.91 Å². The highest BCUT2D eigenvalue weighted by Crippen LogP contribution is 2.34. The van der Waals surface area contributed by atoms with Gasteiger partial charge in [0.1, 0.15) is 25.1 Å². The number of rotatable bonds is 13. The van der Waals surface area contributed by atoms with Crippen molar-refractivity contribution in [2.24, 2.45) is 0 Å². The van der Waals surface area contributed by atoms with Crippen LogP contribution < -0.4 is 19.5 Å². The summed E-state index contributed by atoms with van der Waals surface area (Å²) in [6.07, 6.45) is 4.38. The minimum atomic E-state index is -0.871. The van der Waals surface area contributed by atoms with E-state index in [0.717, 1.165) is 38.0 Å². The smallest absolute Gasteiger partial charge is 0.220 e. The molecule has 1 fully saturated rings. The summed E-state index contributed by atoms with van der Waals surface area (Å²) in [6, 6.07) is 12.6. The van der Waals surface area contributed by atoms with Crippen LogP contribution in [-0.4, -0.2) is 67.2 Å². The molecular formula is C30H40N2O6. The van der Waals surface area contributed by atoms with Gasteiger partial charge in [0.15, 0.2) is 17.3 Å². The van der Waals surface area contributed by atoms with Crippen molar-refractivity contribution in [1.29, 1.82) is 0 Å². The quantitative estimate of drug-likeness (QED) is 0.298. The Kier molecular flexibility index (Phi) is 10.0. The summed E-state index contributed by atoms with van der Waals surface area (Å²) in [5, 5.41) is 14.4. The molecular weight excluding hydrogens is 484 g/mol. The zero-order chi connectivity index (χ0) is 26.9. The van der Waals surface area contributed by atoms with E-state index >= 15 is 0 Å². The zero-order valence-electron chi connectivity index (χ0n) is 22.5. The second-order valence-electron chi connectivity index (χ2n) is 10.2. The number of nitrogens with one attached hydrogen (secondary N) is 1. The van der Waals surface area contributed by atoms with Crippen molar-refractivity contribution >= 4 is 11.7 Å². The minimum Gasteiger partial charge on any atom is -0.497 e. The Hall–Kier alpha value is -3.10. The summed E-state index contributed by atoms with van der Waals surface area (Å²) in [6.45, 7) is 4.72. The van der Waals surface area contributed by atoms with E-state index in [1.165, 1.54) is 0 Å². The lowest BCUT2D eigenvalue weighted by Gasteiger charge is -2.31. The van der Waals surface area contributed by atoms with Crippen LogP contribution in [0.5, 0.6) is 17.2 Å². The van der Waals surface area contributed by atoms with Crippen LogP contribution in [0.4, 0.5) is 0 Å². The second-order valence-corrected chi connectivity index (χ2v) is 10.2. The summed E-state index contributed by atoms with van der Waals surface area (Å²) in [4.78, 5) is 27.6. The van der Waals surface area contributed by atoms with E-state index in [4.69, 9.17) is 14.2 Å². The van der Waals surface area contributed by atoms with Gasteiger partial charge in [-0.25, -0.2) is 0 Å². The number of likely N-dealkylation sites (tertiary alicyclic amines) is 1. The van der Waals surface area contributed by atoms with Crippen molar-refractivity contribution in [2.75, 3.05) is 33.4 Å². The van der Waals surface area contributed by atoms with Crippen LogP contribution in [0.1, 0.15) is 73.9 Å². The first-order valence-corrected chi connectivity index (χ1v) is 13.7. The van der Waals surface area contributed by atoms with Gasteiger partial charge < -0.3 is 24.6 Å². The van der Waals surface area contributed by atoms with Crippen LogP contribution in [0.15, 0.2) is 42.5 Å². The van der Waals surface area contributed by atoms with Gasteiger partial charge in [-0.15, -0.1) is 0 Å². The van der Waals surface area contributed by atoms with E-state index in [0.29, 0.717) is 67.7 Å². The lowest BCUT2D eigenvalue weighted by Crippen LogP contribution is -2.48. The lowest BCUT2D eigenvalue weighted by atomic mass is 10.00. The number of ketones is 1. The normalized spacial score (nSPS) is 18.6. The molecule has 8 heteroatoms. The SMILES string of the molecule is COc1ccc(C(=O)CCCCCC(=O)N[C@H](CN2CCC[C@H]2C)C(O)c2ccc3c(c2)OCCO3)cc1. The number of Topliss-reactive ketones (excluding diaryl/α,β-unsaturated/α-hetero) is 1. The largest absolute Gasteiger partial charge is 0.497 e. The molecule has 0 bridgehead atoms. The molecule has 1 unspecified atom stereocenters. The Morgan fingerprint density at radius 1 is 1.05 bits per heavy atom. The van der Waals surface area contributed by atoms with Gasteiger partial charge >= 0.3 is 0 Å². The molecule has 1 amide bonds. The molecule has 4 rings (SSSR count).